The van der Waals surface area contributed by atoms with Crippen LogP contribution in [0.1, 0.15) is 13.3 Å². The zero-order valence-electron chi connectivity index (χ0n) is 8.76. The summed E-state index contributed by atoms with van der Waals surface area (Å²) >= 11 is 0. The van der Waals surface area contributed by atoms with Gasteiger partial charge in [0, 0.05) is 12.0 Å². The molecule has 0 aromatic heterocycles. The monoisotopic (exact) mass is 236 g/mol. The maximum absolute atomic E-state index is 12.5. The minimum absolute atomic E-state index is 0.0144. The Morgan fingerprint density at radius 2 is 2.06 bits per heavy atom. The molecule has 0 radical (unpaired) electrons. The van der Waals surface area contributed by atoms with Crippen LogP contribution in [-0.4, -0.2) is 30.0 Å². The fraction of sp³-hybridized carbons (Fsp3) is 0.500. The lowest BCUT2D eigenvalue weighted by Gasteiger charge is -2.30. The summed E-state index contributed by atoms with van der Waals surface area (Å²) < 4.78 is 41.8. The van der Waals surface area contributed by atoms with E-state index in [1.54, 1.807) is 0 Å². The van der Waals surface area contributed by atoms with Crippen molar-refractivity contribution in [2.75, 3.05) is 7.11 Å². The molecule has 6 heteroatoms. The number of hydrogen-bond donors (Lipinski definition) is 1. The van der Waals surface area contributed by atoms with Gasteiger partial charge in [0.15, 0.2) is 0 Å². The Morgan fingerprint density at radius 3 is 2.44 bits per heavy atom. The van der Waals surface area contributed by atoms with Crippen molar-refractivity contribution in [3.63, 3.8) is 0 Å². The molecule has 0 aromatic carbocycles. The second-order valence-electron chi connectivity index (χ2n) is 3.71. The van der Waals surface area contributed by atoms with E-state index in [1.165, 1.54) is 0 Å². The molecular weight excluding hydrogens is 225 g/mol. The normalized spacial score (nSPS) is 25.9. The van der Waals surface area contributed by atoms with Gasteiger partial charge in [-0.15, -0.1) is 0 Å². The molecule has 1 unspecified atom stereocenters. The molecule has 0 heterocycles. The van der Waals surface area contributed by atoms with Gasteiger partial charge >= 0.3 is 12.1 Å². The number of carbonyl (C=O) groups is 1. The molecule has 0 spiro atoms. The van der Waals surface area contributed by atoms with E-state index < -0.39 is 29.7 Å². The van der Waals surface area contributed by atoms with Crippen molar-refractivity contribution in [1.29, 1.82) is 0 Å². The number of aliphatic hydroxyl groups is 1. The third kappa shape index (κ3) is 2.44. The standard InChI is InChI=1S/C10H11F3O3/c1-9(15)5-6(8(14)16-2)3-4-7(9)10(11,12)13/h3-4,15H,5H2,1-2H3. The van der Waals surface area contributed by atoms with E-state index in [4.69, 9.17) is 0 Å². The van der Waals surface area contributed by atoms with E-state index in [0.29, 0.717) is 6.08 Å². The highest BCUT2D eigenvalue weighted by atomic mass is 19.4. The molecule has 0 amide bonds. The van der Waals surface area contributed by atoms with Gasteiger partial charge in [0.2, 0.25) is 0 Å². The highest BCUT2D eigenvalue weighted by molar-refractivity contribution is 5.89. The van der Waals surface area contributed by atoms with Crippen LogP contribution in [0.2, 0.25) is 0 Å². The summed E-state index contributed by atoms with van der Waals surface area (Å²) in [7, 11) is 1.13. The van der Waals surface area contributed by atoms with E-state index >= 15 is 0 Å². The summed E-state index contributed by atoms with van der Waals surface area (Å²) in [5.41, 5.74) is -3.15. The Kier molecular flexibility index (Phi) is 3.14. The lowest BCUT2D eigenvalue weighted by atomic mass is 9.84. The fourth-order valence-corrected chi connectivity index (χ4v) is 1.56. The summed E-state index contributed by atoms with van der Waals surface area (Å²) in [5, 5.41) is 9.65. The topological polar surface area (TPSA) is 46.5 Å². The molecular formula is C10H11F3O3. The van der Waals surface area contributed by atoms with Crippen LogP contribution in [-0.2, 0) is 9.53 Å². The first kappa shape index (κ1) is 12.8. The predicted molar refractivity (Wildman–Crippen MR) is 49.5 cm³/mol. The lowest BCUT2D eigenvalue weighted by Crippen LogP contribution is -2.38. The van der Waals surface area contributed by atoms with Gasteiger partial charge in [0.1, 0.15) is 0 Å². The van der Waals surface area contributed by atoms with Gasteiger partial charge in [-0.3, -0.25) is 0 Å². The lowest BCUT2D eigenvalue weighted by molar-refractivity contribution is -0.138. The van der Waals surface area contributed by atoms with Gasteiger partial charge in [-0.2, -0.15) is 13.2 Å². The summed E-state index contributed by atoms with van der Waals surface area (Å²) in [6, 6.07) is 0. The van der Waals surface area contributed by atoms with Crippen molar-refractivity contribution in [3.05, 3.63) is 23.3 Å². The van der Waals surface area contributed by atoms with Crippen molar-refractivity contribution in [1.82, 2.24) is 0 Å². The van der Waals surface area contributed by atoms with Gasteiger partial charge in [0.25, 0.3) is 0 Å². The molecule has 16 heavy (non-hydrogen) atoms. The molecule has 0 bridgehead atoms. The smallest absolute Gasteiger partial charge is 0.415 e. The molecule has 1 aliphatic rings. The van der Waals surface area contributed by atoms with Crippen molar-refractivity contribution < 1.29 is 27.8 Å². The number of ether oxygens (including phenoxy) is 1. The van der Waals surface area contributed by atoms with E-state index in [9.17, 15) is 23.1 Å². The highest BCUT2D eigenvalue weighted by Crippen LogP contribution is 2.39. The Bertz CT molecular complexity index is 364. The molecule has 1 N–H and O–H groups in total. The third-order valence-corrected chi connectivity index (χ3v) is 2.32. The number of carbonyl (C=O) groups excluding carboxylic acids is 1. The number of allylic oxidation sites excluding steroid dienone is 2. The fourth-order valence-electron chi connectivity index (χ4n) is 1.56. The van der Waals surface area contributed by atoms with Crippen LogP contribution in [0.4, 0.5) is 13.2 Å². The van der Waals surface area contributed by atoms with Crippen LogP contribution in [0.15, 0.2) is 23.3 Å². The molecule has 0 aliphatic heterocycles. The van der Waals surface area contributed by atoms with Crippen LogP contribution in [0.3, 0.4) is 0 Å². The van der Waals surface area contributed by atoms with E-state index in [-0.39, 0.29) is 5.57 Å². The van der Waals surface area contributed by atoms with Crippen LogP contribution >= 0.6 is 0 Å². The summed E-state index contributed by atoms with van der Waals surface area (Å²) in [4.78, 5) is 11.1. The SMILES string of the molecule is COC(=O)C1=CC=C(C(F)(F)F)C(C)(O)C1. The molecule has 90 valence electrons. The van der Waals surface area contributed by atoms with Crippen LogP contribution in [0.5, 0.6) is 0 Å². The quantitative estimate of drug-likeness (QED) is 0.705. The first-order valence-electron chi connectivity index (χ1n) is 4.47. The zero-order chi connectivity index (χ0) is 12.6. The number of alkyl halides is 3. The average molecular weight is 236 g/mol. The minimum atomic E-state index is -4.61. The molecule has 1 atom stereocenters. The average Bonchev–Trinajstić information content (AvgIpc) is 2.12. The Hall–Kier alpha value is -1.30. The number of halogens is 3. The summed E-state index contributed by atoms with van der Waals surface area (Å²) in [6.07, 6.45) is -3.30. The Balaban J connectivity index is 3.09. The number of esters is 1. The number of hydrogen-bond acceptors (Lipinski definition) is 3. The molecule has 0 saturated carbocycles. The molecule has 0 fully saturated rings. The van der Waals surface area contributed by atoms with Crippen LogP contribution in [0.25, 0.3) is 0 Å². The van der Waals surface area contributed by atoms with Crippen molar-refractivity contribution in [3.8, 4) is 0 Å². The molecule has 1 rings (SSSR count). The number of methoxy groups -OCH3 is 1. The predicted octanol–water partition coefficient (Wildman–Crippen LogP) is 1.73. The van der Waals surface area contributed by atoms with E-state index in [1.807, 2.05) is 0 Å². The van der Waals surface area contributed by atoms with Gasteiger partial charge in [-0.1, -0.05) is 12.2 Å². The molecule has 0 saturated heterocycles. The minimum Gasteiger partial charge on any atom is -0.466 e. The van der Waals surface area contributed by atoms with Gasteiger partial charge in [0.05, 0.1) is 18.3 Å². The highest BCUT2D eigenvalue weighted by Gasteiger charge is 2.46. The van der Waals surface area contributed by atoms with E-state index in [2.05, 4.69) is 4.74 Å². The first-order valence-corrected chi connectivity index (χ1v) is 4.47. The second-order valence-corrected chi connectivity index (χ2v) is 3.71. The van der Waals surface area contributed by atoms with Gasteiger partial charge < -0.3 is 9.84 Å². The summed E-state index contributed by atoms with van der Waals surface area (Å²) in [6.45, 7) is 1.02. The zero-order valence-corrected chi connectivity index (χ0v) is 8.76. The van der Waals surface area contributed by atoms with Crippen molar-refractivity contribution in [2.45, 2.75) is 25.1 Å². The molecule has 0 aromatic rings. The largest absolute Gasteiger partial charge is 0.466 e. The Labute approximate surface area is 90.2 Å². The molecule has 3 nitrogen and oxygen atoms in total. The third-order valence-electron chi connectivity index (χ3n) is 2.32. The second kappa shape index (κ2) is 3.93. The van der Waals surface area contributed by atoms with Crippen molar-refractivity contribution in [2.24, 2.45) is 0 Å². The first-order chi connectivity index (χ1) is 7.18. The Morgan fingerprint density at radius 1 is 1.50 bits per heavy atom. The van der Waals surface area contributed by atoms with Crippen molar-refractivity contribution >= 4 is 5.97 Å². The van der Waals surface area contributed by atoms with Gasteiger partial charge in [-0.25, -0.2) is 4.79 Å². The van der Waals surface area contributed by atoms with Crippen LogP contribution < -0.4 is 0 Å². The van der Waals surface area contributed by atoms with Gasteiger partial charge in [-0.05, 0) is 6.92 Å². The summed E-state index contributed by atoms with van der Waals surface area (Å²) in [5.74, 6) is -0.738. The maximum atomic E-state index is 12.5. The maximum Gasteiger partial charge on any atom is 0.415 e. The van der Waals surface area contributed by atoms with Crippen LogP contribution in [0, 0.1) is 0 Å². The molecule has 1 aliphatic carbocycles. The number of rotatable bonds is 1. The van der Waals surface area contributed by atoms with E-state index in [0.717, 1.165) is 20.1 Å².